The zero-order valence-corrected chi connectivity index (χ0v) is 9.26. The molecule has 0 aliphatic heterocycles. The van der Waals surface area contributed by atoms with Crippen molar-refractivity contribution in [3.63, 3.8) is 0 Å². The Bertz CT molecular complexity index is 422. The third-order valence-electron chi connectivity index (χ3n) is 1.70. The molecule has 0 aromatic carbocycles. The molecule has 0 atom stereocenters. The molecule has 0 aliphatic carbocycles. The Morgan fingerprint density at radius 1 is 1.38 bits per heavy atom. The normalized spacial score (nSPS) is 10.3. The summed E-state index contributed by atoms with van der Waals surface area (Å²) in [4.78, 5) is 4.13. The van der Waals surface area contributed by atoms with E-state index < -0.39 is 0 Å². The number of pyridine rings is 1. The van der Waals surface area contributed by atoms with E-state index in [1.807, 2.05) is 36.0 Å². The van der Waals surface area contributed by atoms with E-state index in [-0.39, 0.29) is 0 Å². The van der Waals surface area contributed by atoms with Gasteiger partial charge in [-0.3, -0.25) is 4.98 Å². The molecule has 0 saturated carbocycles. The fourth-order valence-electron chi connectivity index (χ4n) is 1.12. The van der Waals surface area contributed by atoms with Crippen molar-refractivity contribution in [3.05, 3.63) is 40.0 Å². The highest BCUT2D eigenvalue weighted by Gasteiger charge is 1.98. The van der Waals surface area contributed by atoms with Crippen LogP contribution in [0, 0.1) is 10.6 Å². The van der Waals surface area contributed by atoms with Crippen molar-refractivity contribution in [2.45, 2.75) is 6.92 Å². The average Bonchev–Trinajstić information content (AvgIpc) is 2.52. The monoisotopic (exact) mass is 285 g/mol. The average molecular weight is 285 g/mol. The zero-order valence-electron chi connectivity index (χ0n) is 7.11. The van der Waals surface area contributed by atoms with Crippen LogP contribution in [0.2, 0.25) is 0 Å². The molecule has 2 heterocycles. The first kappa shape index (κ1) is 8.68. The van der Waals surface area contributed by atoms with Gasteiger partial charge < -0.3 is 0 Å². The molecule has 13 heavy (non-hydrogen) atoms. The Kier molecular flexibility index (Phi) is 2.30. The first-order valence-corrected chi connectivity index (χ1v) is 4.98. The molecule has 0 spiro atoms. The second kappa shape index (κ2) is 3.45. The number of hydrogen-bond acceptors (Lipinski definition) is 2. The summed E-state index contributed by atoms with van der Waals surface area (Å²) >= 11 is 2.19. The fraction of sp³-hybridized carbons (Fsp3) is 0.111. The van der Waals surface area contributed by atoms with Crippen molar-refractivity contribution >= 4 is 22.6 Å². The summed E-state index contributed by atoms with van der Waals surface area (Å²) in [6, 6.07) is 5.91. The van der Waals surface area contributed by atoms with Crippen LogP contribution in [0.3, 0.4) is 0 Å². The van der Waals surface area contributed by atoms with Crippen molar-refractivity contribution in [2.24, 2.45) is 0 Å². The van der Waals surface area contributed by atoms with Gasteiger partial charge in [0.15, 0.2) is 0 Å². The molecular formula is C9H8IN3. The molecule has 3 nitrogen and oxygen atoms in total. The van der Waals surface area contributed by atoms with Crippen molar-refractivity contribution in [1.82, 2.24) is 14.8 Å². The van der Waals surface area contributed by atoms with Gasteiger partial charge in [-0.25, -0.2) is 4.68 Å². The molecule has 66 valence electrons. The highest BCUT2D eigenvalue weighted by Crippen LogP contribution is 2.08. The summed E-state index contributed by atoms with van der Waals surface area (Å²) < 4.78 is 2.84. The fourth-order valence-corrected chi connectivity index (χ4v) is 1.51. The molecule has 0 bridgehead atoms. The SMILES string of the molecule is Cc1cc(-n2ccc(I)n2)ccn1. The summed E-state index contributed by atoms with van der Waals surface area (Å²) in [6.45, 7) is 1.97. The van der Waals surface area contributed by atoms with Crippen molar-refractivity contribution in [3.8, 4) is 5.69 Å². The van der Waals surface area contributed by atoms with Crippen molar-refractivity contribution < 1.29 is 0 Å². The number of halogens is 1. The smallest absolute Gasteiger partial charge is 0.123 e. The summed E-state index contributed by atoms with van der Waals surface area (Å²) in [5, 5.41) is 4.30. The molecule has 4 heteroatoms. The van der Waals surface area contributed by atoms with E-state index >= 15 is 0 Å². The minimum absolute atomic E-state index is 0.993. The van der Waals surface area contributed by atoms with Gasteiger partial charge in [0.1, 0.15) is 3.70 Å². The van der Waals surface area contributed by atoms with Crippen molar-refractivity contribution in [1.29, 1.82) is 0 Å². The van der Waals surface area contributed by atoms with Gasteiger partial charge in [0, 0.05) is 18.1 Å². The van der Waals surface area contributed by atoms with Gasteiger partial charge >= 0.3 is 0 Å². The minimum atomic E-state index is 0.993. The first-order valence-electron chi connectivity index (χ1n) is 3.90. The summed E-state index contributed by atoms with van der Waals surface area (Å²) in [5.41, 5.74) is 2.05. The van der Waals surface area contributed by atoms with Crippen LogP contribution in [0.5, 0.6) is 0 Å². The molecule has 0 saturated heterocycles. The van der Waals surface area contributed by atoms with E-state index in [2.05, 4.69) is 32.7 Å². The van der Waals surface area contributed by atoms with Crippen LogP contribution in [0.15, 0.2) is 30.6 Å². The molecule has 2 aromatic heterocycles. The number of nitrogens with zero attached hydrogens (tertiary/aromatic N) is 3. The number of aryl methyl sites for hydroxylation is 1. The van der Waals surface area contributed by atoms with Gasteiger partial charge in [-0.15, -0.1) is 0 Å². The lowest BCUT2D eigenvalue weighted by molar-refractivity contribution is 0.864. The van der Waals surface area contributed by atoms with Crippen LogP contribution in [0.1, 0.15) is 5.69 Å². The van der Waals surface area contributed by atoms with Gasteiger partial charge in [-0.2, -0.15) is 5.10 Å². The molecular weight excluding hydrogens is 277 g/mol. The topological polar surface area (TPSA) is 30.7 Å². The Labute approximate surface area is 89.9 Å². The van der Waals surface area contributed by atoms with Crippen molar-refractivity contribution in [2.75, 3.05) is 0 Å². The van der Waals surface area contributed by atoms with Gasteiger partial charge in [0.2, 0.25) is 0 Å². The summed E-state index contributed by atoms with van der Waals surface area (Å²) in [7, 11) is 0. The number of aromatic nitrogens is 3. The van der Waals surface area contributed by atoms with Crippen LogP contribution in [0.4, 0.5) is 0 Å². The standard InChI is InChI=1S/C9H8IN3/c1-7-6-8(2-4-11-7)13-5-3-9(10)12-13/h2-6H,1H3. The summed E-state index contributed by atoms with van der Waals surface area (Å²) in [5.74, 6) is 0. The Balaban J connectivity index is 2.46. The molecule has 0 unspecified atom stereocenters. The molecule has 0 amide bonds. The Hall–Kier alpha value is -0.910. The van der Waals surface area contributed by atoms with E-state index in [0.717, 1.165) is 15.1 Å². The number of hydrogen-bond donors (Lipinski definition) is 0. The number of rotatable bonds is 1. The zero-order chi connectivity index (χ0) is 9.26. The minimum Gasteiger partial charge on any atom is -0.261 e. The molecule has 2 rings (SSSR count). The van der Waals surface area contributed by atoms with E-state index in [1.54, 1.807) is 6.20 Å². The Morgan fingerprint density at radius 2 is 2.23 bits per heavy atom. The van der Waals surface area contributed by atoms with E-state index in [4.69, 9.17) is 0 Å². The third-order valence-corrected chi connectivity index (χ3v) is 2.28. The molecule has 0 N–H and O–H groups in total. The second-order valence-corrected chi connectivity index (χ2v) is 3.84. The largest absolute Gasteiger partial charge is 0.261 e. The van der Waals surface area contributed by atoms with E-state index in [1.165, 1.54) is 0 Å². The maximum Gasteiger partial charge on any atom is 0.123 e. The first-order chi connectivity index (χ1) is 6.25. The summed E-state index contributed by atoms with van der Waals surface area (Å²) in [6.07, 6.45) is 3.73. The molecule has 0 aliphatic rings. The van der Waals surface area contributed by atoms with Gasteiger partial charge in [0.25, 0.3) is 0 Å². The van der Waals surface area contributed by atoms with Crippen LogP contribution in [-0.2, 0) is 0 Å². The molecule has 2 aromatic rings. The quantitative estimate of drug-likeness (QED) is 0.752. The van der Waals surface area contributed by atoms with E-state index in [9.17, 15) is 0 Å². The van der Waals surface area contributed by atoms with Crippen LogP contribution >= 0.6 is 22.6 Å². The highest BCUT2D eigenvalue weighted by molar-refractivity contribution is 14.1. The highest BCUT2D eigenvalue weighted by atomic mass is 127. The molecule has 0 fully saturated rings. The maximum absolute atomic E-state index is 4.30. The lowest BCUT2D eigenvalue weighted by atomic mass is 10.3. The molecule has 0 radical (unpaired) electrons. The van der Waals surface area contributed by atoms with Crippen LogP contribution in [0.25, 0.3) is 5.69 Å². The second-order valence-electron chi connectivity index (χ2n) is 2.74. The van der Waals surface area contributed by atoms with Gasteiger partial charge in [0.05, 0.1) is 5.69 Å². The van der Waals surface area contributed by atoms with Crippen LogP contribution in [-0.4, -0.2) is 14.8 Å². The van der Waals surface area contributed by atoms with Gasteiger partial charge in [-0.05, 0) is 47.7 Å². The maximum atomic E-state index is 4.30. The predicted molar refractivity (Wildman–Crippen MR) is 58.8 cm³/mol. The predicted octanol–water partition coefficient (Wildman–Crippen LogP) is 2.18. The third kappa shape index (κ3) is 1.88. The van der Waals surface area contributed by atoms with E-state index in [0.29, 0.717) is 0 Å². The lowest BCUT2D eigenvalue weighted by Gasteiger charge is -2.00. The lowest BCUT2D eigenvalue weighted by Crippen LogP contribution is -1.95. The van der Waals surface area contributed by atoms with Gasteiger partial charge in [-0.1, -0.05) is 0 Å². The Morgan fingerprint density at radius 3 is 2.85 bits per heavy atom. The van der Waals surface area contributed by atoms with Crippen LogP contribution < -0.4 is 0 Å².